The molecule has 2 rings (SSSR count). The number of methoxy groups -OCH3 is 5. The number of allylic oxidation sites excluding steroid dienone is 3. The lowest BCUT2D eigenvalue weighted by Gasteiger charge is -2.46. The van der Waals surface area contributed by atoms with E-state index in [1.165, 1.54) is 35.5 Å². The van der Waals surface area contributed by atoms with Crippen LogP contribution in [0.3, 0.4) is 0 Å². The van der Waals surface area contributed by atoms with Gasteiger partial charge in [-0.3, -0.25) is 4.79 Å². The van der Waals surface area contributed by atoms with Crippen LogP contribution in [-0.2, 0) is 28.5 Å². The Morgan fingerprint density at radius 1 is 0.971 bits per heavy atom. The number of carbonyl (C=O) groups is 1. The van der Waals surface area contributed by atoms with Gasteiger partial charge in [0.15, 0.2) is 5.76 Å². The van der Waals surface area contributed by atoms with Gasteiger partial charge in [-0.05, 0) is 42.5 Å². The summed E-state index contributed by atoms with van der Waals surface area (Å²) in [5.41, 5.74) is 1.93. The summed E-state index contributed by atoms with van der Waals surface area (Å²) in [6, 6.07) is 9.50. The average Bonchev–Trinajstić information content (AvgIpc) is 2.89. The molecule has 0 fully saturated rings. The van der Waals surface area contributed by atoms with Crippen LogP contribution in [0.2, 0.25) is 0 Å². The van der Waals surface area contributed by atoms with Crippen molar-refractivity contribution in [1.82, 2.24) is 10.2 Å². The van der Waals surface area contributed by atoms with Crippen molar-refractivity contribution in [2.24, 2.45) is 0 Å². The van der Waals surface area contributed by atoms with Gasteiger partial charge in [-0.2, -0.15) is 0 Å². The number of amides is 1. The number of carbonyl (C=O) groups excluding carboxylic acids is 1. The van der Waals surface area contributed by atoms with Crippen molar-refractivity contribution in [3.05, 3.63) is 65.5 Å². The molecule has 0 saturated heterocycles. The lowest BCUT2D eigenvalue weighted by Crippen LogP contribution is -2.61. The minimum Gasteiger partial charge on any atom is -0.495 e. The van der Waals surface area contributed by atoms with Gasteiger partial charge in [-0.1, -0.05) is 44.2 Å². The molecule has 1 aliphatic carbocycles. The average molecular weight is 511 g/mol. The number of nitrogens with one attached hydrogen (secondary N) is 1. The SMILES string of the molecule is CCN(CC)CCNC(=O)/C(=C/C1=CC(OC)(OC)C(OC)(OC)C(OC)=C1)c1ccccc1.Cl. The van der Waals surface area contributed by atoms with E-state index >= 15 is 0 Å². The summed E-state index contributed by atoms with van der Waals surface area (Å²) >= 11 is 0. The van der Waals surface area contributed by atoms with Crippen molar-refractivity contribution in [2.45, 2.75) is 25.4 Å². The highest BCUT2D eigenvalue weighted by Crippen LogP contribution is 2.43. The first-order valence-corrected chi connectivity index (χ1v) is 11.4. The third-order valence-corrected chi connectivity index (χ3v) is 6.09. The van der Waals surface area contributed by atoms with Gasteiger partial charge < -0.3 is 33.9 Å². The molecule has 0 spiro atoms. The number of benzene rings is 1. The predicted octanol–water partition coefficient (Wildman–Crippen LogP) is 3.40. The van der Waals surface area contributed by atoms with Crippen molar-refractivity contribution >= 4 is 23.9 Å². The molecule has 8 nitrogen and oxygen atoms in total. The van der Waals surface area contributed by atoms with E-state index in [-0.39, 0.29) is 18.3 Å². The third kappa shape index (κ3) is 6.52. The largest absolute Gasteiger partial charge is 0.495 e. The van der Waals surface area contributed by atoms with Crippen molar-refractivity contribution in [3.8, 4) is 0 Å². The van der Waals surface area contributed by atoms with Crippen LogP contribution in [0, 0.1) is 0 Å². The Balaban J connectivity index is 0.00000612. The van der Waals surface area contributed by atoms with Crippen LogP contribution in [-0.4, -0.2) is 84.1 Å². The molecule has 1 aliphatic rings. The minimum absolute atomic E-state index is 0. The summed E-state index contributed by atoms with van der Waals surface area (Å²) in [5, 5.41) is 3.04. The number of nitrogens with zero attached hydrogens (tertiary/aromatic N) is 1. The van der Waals surface area contributed by atoms with Crippen LogP contribution < -0.4 is 5.32 Å². The Morgan fingerprint density at radius 3 is 2.06 bits per heavy atom. The molecular formula is C26H39ClN2O6. The molecular weight excluding hydrogens is 472 g/mol. The standard InChI is InChI=1S/C26H38N2O6.ClH/c1-8-28(9-2)16-15-27-24(29)22(21-13-11-10-12-14-21)17-20-18-23(30-3)26(33-6,34-7)25(19-20,31-4)32-5;/h10-14,17-19H,8-9,15-16H2,1-7H3,(H,27,29);1H/b22-17+;. The molecule has 0 unspecified atom stereocenters. The highest BCUT2D eigenvalue weighted by Gasteiger charge is 2.59. The summed E-state index contributed by atoms with van der Waals surface area (Å²) in [4.78, 5) is 15.5. The summed E-state index contributed by atoms with van der Waals surface area (Å²) in [6.45, 7) is 7.39. The molecule has 0 heterocycles. The molecule has 0 aliphatic heterocycles. The van der Waals surface area contributed by atoms with E-state index in [4.69, 9.17) is 23.7 Å². The zero-order valence-electron chi connectivity index (χ0n) is 21.8. The number of rotatable bonds is 13. The van der Waals surface area contributed by atoms with E-state index < -0.39 is 11.6 Å². The quantitative estimate of drug-likeness (QED) is 0.322. The molecule has 0 aromatic heterocycles. The van der Waals surface area contributed by atoms with Crippen LogP contribution in [0.15, 0.2) is 59.9 Å². The van der Waals surface area contributed by atoms with Gasteiger partial charge in [0.25, 0.3) is 17.5 Å². The number of likely N-dealkylation sites (N-methyl/N-ethyl adjacent to an activating group) is 1. The van der Waals surface area contributed by atoms with Crippen molar-refractivity contribution in [2.75, 3.05) is 61.7 Å². The Bertz CT molecular complexity index is 888. The first-order chi connectivity index (χ1) is 16.4. The normalized spacial score (nSPS) is 16.7. The fourth-order valence-corrected chi connectivity index (χ4v) is 4.12. The smallest absolute Gasteiger partial charge is 0.287 e. The van der Waals surface area contributed by atoms with Crippen LogP contribution in [0.5, 0.6) is 0 Å². The molecule has 0 atom stereocenters. The minimum atomic E-state index is -1.47. The highest BCUT2D eigenvalue weighted by atomic mass is 35.5. The molecule has 0 saturated carbocycles. The predicted molar refractivity (Wildman–Crippen MR) is 139 cm³/mol. The highest BCUT2D eigenvalue weighted by molar-refractivity contribution is 6.20. The van der Waals surface area contributed by atoms with Gasteiger partial charge in [-0.25, -0.2) is 0 Å². The molecule has 0 bridgehead atoms. The summed E-state index contributed by atoms with van der Waals surface area (Å²) < 4.78 is 28.5. The number of ether oxygens (including phenoxy) is 5. The molecule has 1 N–H and O–H groups in total. The molecule has 196 valence electrons. The van der Waals surface area contributed by atoms with Crippen molar-refractivity contribution in [3.63, 3.8) is 0 Å². The third-order valence-electron chi connectivity index (χ3n) is 6.09. The molecule has 1 aromatic carbocycles. The monoisotopic (exact) mass is 510 g/mol. The second kappa shape index (κ2) is 14.4. The Hall–Kier alpha value is -2.20. The zero-order chi connectivity index (χ0) is 25.2. The van der Waals surface area contributed by atoms with E-state index in [1.54, 1.807) is 18.2 Å². The van der Waals surface area contributed by atoms with E-state index in [9.17, 15) is 4.79 Å². The topological polar surface area (TPSA) is 78.5 Å². The van der Waals surface area contributed by atoms with E-state index in [0.717, 1.165) is 25.2 Å². The maximum Gasteiger partial charge on any atom is 0.287 e. The Morgan fingerprint density at radius 2 is 1.57 bits per heavy atom. The molecule has 9 heteroatoms. The number of halogens is 1. The molecule has 0 radical (unpaired) electrons. The fourth-order valence-electron chi connectivity index (χ4n) is 4.12. The number of hydrogen-bond acceptors (Lipinski definition) is 7. The zero-order valence-corrected chi connectivity index (χ0v) is 22.6. The lowest BCUT2D eigenvalue weighted by atomic mass is 9.90. The maximum atomic E-state index is 13.3. The van der Waals surface area contributed by atoms with Gasteiger partial charge in [0.05, 0.1) is 7.11 Å². The molecule has 1 amide bonds. The van der Waals surface area contributed by atoms with Gasteiger partial charge >= 0.3 is 0 Å². The second-order valence-electron chi connectivity index (χ2n) is 7.66. The summed E-state index contributed by atoms with van der Waals surface area (Å²) in [7, 11) is 7.46. The van der Waals surface area contributed by atoms with Crippen LogP contribution in [0.25, 0.3) is 5.57 Å². The first kappa shape index (κ1) is 30.8. The van der Waals surface area contributed by atoms with E-state index in [0.29, 0.717) is 23.5 Å². The van der Waals surface area contributed by atoms with Crippen LogP contribution in [0.4, 0.5) is 0 Å². The first-order valence-electron chi connectivity index (χ1n) is 11.4. The van der Waals surface area contributed by atoms with E-state index in [2.05, 4.69) is 24.1 Å². The Labute approximate surface area is 215 Å². The number of hydrogen-bond donors (Lipinski definition) is 1. The lowest BCUT2D eigenvalue weighted by molar-refractivity contribution is -0.360. The summed E-state index contributed by atoms with van der Waals surface area (Å²) in [5.74, 6) is -2.77. The molecule has 1 aromatic rings. The van der Waals surface area contributed by atoms with Crippen LogP contribution >= 0.6 is 12.4 Å². The van der Waals surface area contributed by atoms with Crippen molar-refractivity contribution < 1.29 is 28.5 Å². The Kier molecular flexibility index (Phi) is 12.7. The van der Waals surface area contributed by atoms with Crippen molar-refractivity contribution in [1.29, 1.82) is 0 Å². The van der Waals surface area contributed by atoms with Gasteiger partial charge in [-0.15, -0.1) is 12.4 Å². The van der Waals surface area contributed by atoms with Gasteiger partial charge in [0, 0.05) is 47.1 Å². The second-order valence-corrected chi connectivity index (χ2v) is 7.66. The van der Waals surface area contributed by atoms with E-state index in [1.807, 2.05) is 30.3 Å². The fraction of sp³-hybridized carbons (Fsp3) is 0.500. The van der Waals surface area contributed by atoms with Gasteiger partial charge in [0.2, 0.25) is 0 Å². The summed E-state index contributed by atoms with van der Waals surface area (Å²) in [6.07, 6.45) is 5.24. The van der Waals surface area contributed by atoms with Gasteiger partial charge in [0.1, 0.15) is 0 Å². The van der Waals surface area contributed by atoms with Crippen LogP contribution in [0.1, 0.15) is 19.4 Å². The molecule has 35 heavy (non-hydrogen) atoms. The maximum absolute atomic E-state index is 13.3.